The van der Waals surface area contributed by atoms with Gasteiger partial charge in [-0.05, 0) is 43.5 Å². The third kappa shape index (κ3) is 3.02. The molecule has 2 N–H and O–H groups in total. The predicted octanol–water partition coefficient (Wildman–Crippen LogP) is 5.21. The van der Waals surface area contributed by atoms with Gasteiger partial charge in [0, 0.05) is 16.3 Å². The van der Waals surface area contributed by atoms with E-state index in [0.29, 0.717) is 27.8 Å². The van der Waals surface area contributed by atoms with Gasteiger partial charge in [0.1, 0.15) is 24.0 Å². The Morgan fingerprint density at radius 1 is 1.23 bits per heavy atom. The third-order valence-corrected chi connectivity index (χ3v) is 4.54. The second-order valence-corrected chi connectivity index (χ2v) is 6.53. The summed E-state index contributed by atoms with van der Waals surface area (Å²) < 4.78 is 11.6. The predicted molar refractivity (Wildman–Crippen MR) is 100 cm³/mol. The van der Waals surface area contributed by atoms with E-state index in [0.717, 1.165) is 29.7 Å². The molecule has 2 aliphatic rings. The van der Waals surface area contributed by atoms with Crippen LogP contribution in [0.3, 0.4) is 0 Å². The molecule has 26 heavy (non-hydrogen) atoms. The Hall–Kier alpha value is -2.92. The van der Waals surface area contributed by atoms with E-state index in [4.69, 9.17) is 21.1 Å². The number of benzene rings is 1. The number of aromatic nitrogens is 2. The molecule has 0 amide bonds. The lowest BCUT2D eigenvalue weighted by atomic mass is 10.0. The van der Waals surface area contributed by atoms with E-state index < -0.39 is 0 Å². The van der Waals surface area contributed by atoms with Crippen molar-refractivity contribution in [1.29, 1.82) is 0 Å². The standard InChI is InChI=1S/C20H17ClN2O3/c1-12-19(20(23-22-12)15-9-14(21)7-8-16(15)24)18-11-25-10-17(26-18)13-5-3-2-4-6-13/h2-3,5,7-11,24H,4,6H2,1H3,(H,22,23). The summed E-state index contributed by atoms with van der Waals surface area (Å²) in [6.45, 7) is 1.89. The molecule has 2 aromatic rings. The summed E-state index contributed by atoms with van der Waals surface area (Å²) in [6, 6.07) is 4.84. The summed E-state index contributed by atoms with van der Waals surface area (Å²) in [5.41, 5.74) is 3.67. The molecule has 0 bridgehead atoms. The fourth-order valence-corrected chi connectivity index (χ4v) is 3.18. The molecule has 0 saturated heterocycles. The van der Waals surface area contributed by atoms with Crippen LogP contribution in [-0.2, 0) is 9.47 Å². The van der Waals surface area contributed by atoms with E-state index in [9.17, 15) is 5.11 Å². The van der Waals surface area contributed by atoms with Crippen LogP contribution in [0.2, 0.25) is 5.02 Å². The minimum Gasteiger partial charge on any atom is -0.507 e. The molecule has 6 heteroatoms. The van der Waals surface area contributed by atoms with Crippen LogP contribution in [0.5, 0.6) is 5.75 Å². The number of ether oxygens (including phenoxy) is 2. The maximum atomic E-state index is 10.2. The Balaban J connectivity index is 1.72. The summed E-state index contributed by atoms with van der Waals surface area (Å²) >= 11 is 6.09. The van der Waals surface area contributed by atoms with Gasteiger partial charge >= 0.3 is 0 Å². The van der Waals surface area contributed by atoms with Gasteiger partial charge in [0.25, 0.3) is 0 Å². The largest absolute Gasteiger partial charge is 0.507 e. The zero-order chi connectivity index (χ0) is 18.1. The van der Waals surface area contributed by atoms with Crippen molar-refractivity contribution in [2.45, 2.75) is 19.8 Å². The van der Waals surface area contributed by atoms with Crippen molar-refractivity contribution in [3.63, 3.8) is 0 Å². The maximum absolute atomic E-state index is 10.2. The van der Waals surface area contributed by atoms with E-state index >= 15 is 0 Å². The van der Waals surface area contributed by atoms with Crippen molar-refractivity contribution >= 4 is 17.4 Å². The minimum atomic E-state index is 0.0929. The van der Waals surface area contributed by atoms with Crippen LogP contribution < -0.4 is 0 Å². The number of halogens is 1. The lowest BCUT2D eigenvalue weighted by Gasteiger charge is -2.20. The first-order valence-electron chi connectivity index (χ1n) is 8.27. The quantitative estimate of drug-likeness (QED) is 0.780. The molecular weight excluding hydrogens is 352 g/mol. The number of aryl methyl sites for hydroxylation is 1. The number of H-pyrrole nitrogens is 1. The minimum absolute atomic E-state index is 0.0929. The SMILES string of the molecule is Cc1[nH]nc(-c2cc(Cl)ccc2O)c1C1=COC=C(C2=CC=CCC2)O1. The summed E-state index contributed by atoms with van der Waals surface area (Å²) in [5.74, 6) is 1.29. The number of aromatic hydroxyl groups is 1. The maximum Gasteiger partial charge on any atom is 0.173 e. The number of phenolic OH excluding ortho intramolecular Hbond substituents is 1. The van der Waals surface area contributed by atoms with Gasteiger partial charge in [-0.25, -0.2) is 0 Å². The molecule has 0 radical (unpaired) electrons. The zero-order valence-electron chi connectivity index (χ0n) is 14.1. The van der Waals surface area contributed by atoms with E-state index in [1.165, 1.54) is 6.26 Å². The Labute approximate surface area is 155 Å². The molecular formula is C20H17ClN2O3. The van der Waals surface area contributed by atoms with E-state index in [1.54, 1.807) is 24.5 Å². The van der Waals surface area contributed by atoms with Crippen LogP contribution in [0.4, 0.5) is 0 Å². The second-order valence-electron chi connectivity index (χ2n) is 6.09. The number of hydrogen-bond donors (Lipinski definition) is 2. The van der Waals surface area contributed by atoms with Crippen LogP contribution in [-0.4, -0.2) is 15.3 Å². The van der Waals surface area contributed by atoms with Crippen molar-refractivity contribution in [1.82, 2.24) is 10.2 Å². The number of nitrogens with zero attached hydrogens (tertiary/aromatic N) is 1. The molecule has 0 fully saturated rings. The molecule has 1 aliphatic carbocycles. The smallest absolute Gasteiger partial charge is 0.173 e. The molecule has 0 saturated carbocycles. The molecule has 1 aliphatic heterocycles. The highest BCUT2D eigenvalue weighted by Gasteiger charge is 2.24. The molecule has 5 nitrogen and oxygen atoms in total. The number of nitrogens with one attached hydrogen (secondary N) is 1. The molecule has 1 aromatic carbocycles. The molecule has 1 aromatic heterocycles. The fourth-order valence-electron chi connectivity index (χ4n) is 3.01. The lowest BCUT2D eigenvalue weighted by molar-refractivity contribution is 0.285. The van der Waals surface area contributed by atoms with Crippen LogP contribution >= 0.6 is 11.6 Å². The Kier molecular flexibility index (Phi) is 4.31. The second kappa shape index (κ2) is 6.77. The zero-order valence-corrected chi connectivity index (χ0v) is 14.9. The number of aromatic amines is 1. The van der Waals surface area contributed by atoms with Crippen LogP contribution in [0, 0.1) is 6.92 Å². The molecule has 4 rings (SSSR count). The van der Waals surface area contributed by atoms with Crippen molar-refractivity contribution in [3.8, 4) is 17.0 Å². The molecule has 0 unspecified atom stereocenters. The van der Waals surface area contributed by atoms with Gasteiger partial charge < -0.3 is 14.6 Å². The highest BCUT2D eigenvalue weighted by molar-refractivity contribution is 6.31. The van der Waals surface area contributed by atoms with Crippen LogP contribution in [0.1, 0.15) is 24.1 Å². The van der Waals surface area contributed by atoms with Crippen molar-refractivity contribution in [3.05, 3.63) is 76.6 Å². The van der Waals surface area contributed by atoms with E-state index in [1.807, 2.05) is 19.1 Å². The number of hydrogen-bond acceptors (Lipinski definition) is 4. The average Bonchev–Trinajstić information content (AvgIpc) is 3.06. The molecule has 132 valence electrons. The van der Waals surface area contributed by atoms with Crippen molar-refractivity contribution < 1.29 is 14.6 Å². The van der Waals surface area contributed by atoms with E-state index in [2.05, 4.69) is 16.3 Å². The van der Waals surface area contributed by atoms with Crippen LogP contribution in [0.25, 0.3) is 17.0 Å². The molecule has 2 heterocycles. The third-order valence-electron chi connectivity index (χ3n) is 4.31. The van der Waals surface area contributed by atoms with Crippen molar-refractivity contribution in [2.75, 3.05) is 0 Å². The first-order valence-corrected chi connectivity index (χ1v) is 8.65. The Bertz CT molecular complexity index is 983. The van der Waals surface area contributed by atoms with Gasteiger partial charge in [-0.2, -0.15) is 5.10 Å². The number of rotatable bonds is 3. The Morgan fingerprint density at radius 2 is 2.08 bits per heavy atom. The van der Waals surface area contributed by atoms with Gasteiger partial charge in [-0.1, -0.05) is 29.8 Å². The van der Waals surface area contributed by atoms with Crippen LogP contribution in [0.15, 0.2) is 60.3 Å². The summed E-state index contributed by atoms with van der Waals surface area (Å²) in [6.07, 6.45) is 11.1. The van der Waals surface area contributed by atoms with Gasteiger partial charge in [0.05, 0.1) is 5.56 Å². The monoisotopic (exact) mass is 368 g/mol. The summed E-state index contributed by atoms with van der Waals surface area (Å²) in [7, 11) is 0. The highest BCUT2D eigenvalue weighted by atomic mass is 35.5. The summed E-state index contributed by atoms with van der Waals surface area (Å²) in [5, 5.41) is 18.0. The first-order chi connectivity index (χ1) is 12.6. The van der Waals surface area contributed by atoms with Gasteiger partial charge in [-0.3, -0.25) is 5.10 Å². The normalized spacial score (nSPS) is 16.3. The van der Waals surface area contributed by atoms with E-state index in [-0.39, 0.29) is 5.75 Å². The van der Waals surface area contributed by atoms with Gasteiger partial charge in [0.2, 0.25) is 0 Å². The van der Waals surface area contributed by atoms with Crippen molar-refractivity contribution in [2.24, 2.45) is 0 Å². The summed E-state index contributed by atoms with van der Waals surface area (Å²) in [4.78, 5) is 0. The molecule has 0 spiro atoms. The van der Waals surface area contributed by atoms with Gasteiger partial charge in [-0.15, -0.1) is 0 Å². The topological polar surface area (TPSA) is 67.4 Å². The Morgan fingerprint density at radius 3 is 2.88 bits per heavy atom. The average molecular weight is 369 g/mol. The molecule has 0 atom stereocenters. The fraction of sp³-hybridized carbons (Fsp3) is 0.150. The number of allylic oxidation sites excluding steroid dienone is 4. The lowest BCUT2D eigenvalue weighted by Crippen LogP contribution is -2.04. The highest BCUT2D eigenvalue weighted by Crippen LogP contribution is 2.39. The first kappa shape index (κ1) is 16.5. The van der Waals surface area contributed by atoms with Gasteiger partial charge in [0.15, 0.2) is 11.5 Å². The number of phenols is 1.